The minimum absolute atomic E-state index is 0.119. The van der Waals surface area contributed by atoms with E-state index in [1.807, 2.05) is 16.8 Å². The van der Waals surface area contributed by atoms with Crippen LogP contribution in [0.15, 0.2) is 42.9 Å². The van der Waals surface area contributed by atoms with Crippen LogP contribution in [-0.2, 0) is 9.47 Å². The molecule has 6 rings (SSSR count). The van der Waals surface area contributed by atoms with Crippen LogP contribution in [0.3, 0.4) is 0 Å². The fourth-order valence-electron chi connectivity index (χ4n) is 4.79. The van der Waals surface area contributed by atoms with Crippen LogP contribution in [0, 0.1) is 5.95 Å². The van der Waals surface area contributed by atoms with E-state index in [4.69, 9.17) is 14.5 Å². The van der Waals surface area contributed by atoms with Gasteiger partial charge in [0.05, 0.1) is 48.0 Å². The van der Waals surface area contributed by atoms with Gasteiger partial charge in [0, 0.05) is 31.6 Å². The van der Waals surface area contributed by atoms with E-state index in [0.29, 0.717) is 36.7 Å². The predicted octanol–water partition coefficient (Wildman–Crippen LogP) is 3.72. The average molecular weight is 464 g/mol. The first-order valence-corrected chi connectivity index (χ1v) is 11.7. The monoisotopic (exact) mass is 463 g/mol. The van der Waals surface area contributed by atoms with Crippen molar-refractivity contribution < 1.29 is 13.9 Å². The summed E-state index contributed by atoms with van der Waals surface area (Å²) in [5.74, 6) is 0.206. The molecule has 0 spiro atoms. The van der Waals surface area contributed by atoms with E-state index in [1.54, 1.807) is 29.0 Å². The van der Waals surface area contributed by atoms with Crippen LogP contribution in [-0.4, -0.2) is 61.8 Å². The van der Waals surface area contributed by atoms with E-state index >= 15 is 0 Å². The molecule has 2 saturated heterocycles. The lowest BCUT2D eigenvalue weighted by atomic mass is 10.1. The van der Waals surface area contributed by atoms with E-state index in [2.05, 4.69) is 27.0 Å². The SMILES string of the molecule is C[C@@H]1COCCN1c1cc(-c2cccnc2F)n2ncc(-c3ccnn3C3CCCCO3)c2n1. The van der Waals surface area contributed by atoms with E-state index in [9.17, 15) is 4.39 Å². The van der Waals surface area contributed by atoms with Crippen LogP contribution in [0.25, 0.3) is 28.2 Å². The number of rotatable bonds is 4. The molecule has 0 saturated carbocycles. The second kappa shape index (κ2) is 8.77. The van der Waals surface area contributed by atoms with E-state index in [1.165, 1.54) is 6.20 Å². The molecule has 0 radical (unpaired) electrons. The summed E-state index contributed by atoms with van der Waals surface area (Å²) in [7, 11) is 0. The van der Waals surface area contributed by atoms with Gasteiger partial charge in [-0.05, 0) is 44.4 Å². The van der Waals surface area contributed by atoms with Gasteiger partial charge >= 0.3 is 0 Å². The number of fused-ring (bicyclic) bond motifs is 1. The number of aromatic nitrogens is 6. The van der Waals surface area contributed by atoms with Crippen LogP contribution >= 0.6 is 0 Å². The number of anilines is 1. The molecule has 0 bridgehead atoms. The van der Waals surface area contributed by atoms with Crippen molar-refractivity contribution >= 4 is 11.5 Å². The molecule has 2 fully saturated rings. The van der Waals surface area contributed by atoms with Gasteiger partial charge in [0.15, 0.2) is 11.9 Å². The molecule has 4 aromatic rings. The number of ether oxygens (including phenoxy) is 2. The van der Waals surface area contributed by atoms with Gasteiger partial charge < -0.3 is 14.4 Å². The molecule has 2 aliphatic rings. The number of hydrogen-bond acceptors (Lipinski definition) is 7. The fraction of sp³-hybridized carbons (Fsp3) is 0.417. The number of halogens is 1. The highest BCUT2D eigenvalue weighted by molar-refractivity contribution is 5.79. The summed E-state index contributed by atoms with van der Waals surface area (Å²) in [5.41, 5.74) is 3.29. The second-order valence-electron chi connectivity index (χ2n) is 8.73. The summed E-state index contributed by atoms with van der Waals surface area (Å²) < 4.78 is 30.0. The molecular formula is C24H26FN7O2. The largest absolute Gasteiger partial charge is 0.377 e. The van der Waals surface area contributed by atoms with E-state index in [0.717, 1.165) is 42.9 Å². The lowest BCUT2D eigenvalue weighted by molar-refractivity contribution is -0.0383. The highest BCUT2D eigenvalue weighted by atomic mass is 19.1. The molecule has 0 N–H and O–H groups in total. The van der Waals surface area contributed by atoms with Gasteiger partial charge in [-0.2, -0.15) is 14.6 Å². The summed E-state index contributed by atoms with van der Waals surface area (Å²) in [6.45, 7) is 4.76. The Hall–Kier alpha value is -3.37. The van der Waals surface area contributed by atoms with Gasteiger partial charge in [0.1, 0.15) is 5.82 Å². The van der Waals surface area contributed by atoms with Gasteiger partial charge in [0.2, 0.25) is 5.95 Å². The Morgan fingerprint density at radius 2 is 2.00 bits per heavy atom. The number of nitrogens with zero attached hydrogens (tertiary/aromatic N) is 7. The van der Waals surface area contributed by atoms with Gasteiger partial charge in [0.25, 0.3) is 0 Å². The first-order valence-electron chi connectivity index (χ1n) is 11.7. The Bertz CT molecular complexity index is 1310. The van der Waals surface area contributed by atoms with Crippen molar-refractivity contribution in [1.29, 1.82) is 0 Å². The van der Waals surface area contributed by atoms with Gasteiger partial charge in [-0.15, -0.1) is 0 Å². The third-order valence-corrected chi connectivity index (χ3v) is 6.53. The van der Waals surface area contributed by atoms with E-state index in [-0.39, 0.29) is 12.3 Å². The normalized spacial score (nSPS) is 21.3. The molecule has 9 nitrogen and oxygen atoms in total. The first kappa shape index (κ1) is 21.2. The third kappa shape index (κ3) is 3.63. The maximum Gasteiger partial charge on any atom is 0.222 e. The summed E-state index contributed by atoms with van der Waals surface area (Å²) in [5, 5.41) is 9.17. The molecule has 0 amide bonds. The topological polar surface area (TPSA) is 82.6 Å². The highest BCUT2D eigenvalue weighted by Crippen LogP contribution is 2.34. The summed E-state index contributed by atoms with van der Waals surface area (Å²) in [6, 6.07) is 7.41. The van der Waals surface area contributed by atoms with Gasteiger partial charge in [-0.25, -0.2) is 19.2 Å². The molecule has 0 aromatic carbocycles. The highest BCUT2D eigenvalue weighted by Gasteiger charge is 2.26. The number of morpholine rings is 1. The van der Waals surface area contributed by atoms with Crippen LogP contribution in [0.5, 0.6) is 0 Å². The van der Waals surface area contributed by atoms with Gasteiger partial charge in [-0.3, -0.25) is 0 Å². The molecule has 0 aliphatic carbocycles. The smallest absolute Gasteiger partial charge is 0.222 e. The zero-order valence-corrected chi connectivity index (χ0v) is 19.0. The van der Waals surface area contributed by atoms with Crippen molar-refractivity contribution in [2.75, 3.05) is 31.3 Å². The van der Waals surface area contributed by atoms with Crippen molar-refractivity contribution in [3.63, 3.8) is 0 Å². The summed E-state index contributed by atoms with van der Waals surface area (Å²) >= 11 is 0. The van der Waals surface area contributed by atoms with Crippen molar-refractivity contribution in [2.24, 2.45) is 0 Å². The lowest BCUT2D eigenvalue weighted by Gasteiger charge is -2.34. The Morgan fingerprint density at radius 3 is 2.82 bits per heavy atom. The maximum absolute atomic E-state index is 14.8. The fourth-order valence-corrected chi connectivity index (χ4v) is 4.79. The first-order chi connectivity index (χ1) is 16.7. The number of pyridine rings is 1. The molecule has 176 valence electrons. The van der Waals surface area contributed by atoms with Crippen LogP contribution < -0.4 is 4.90 Å². The predicted molar refractivity (Wildman–Crippen MR) is 124 cm³/mol. The molecule has 34 heavy (non-hydrogen) atoms. The summed E-state index contributed by atoms with van der Waals surface area (Å²) in [6.07, 6.45) is 7.93. The Morgan fingerprint density at radius 1 is 1.06 bits per heavy atom. The number of hydrogen-bond donors (Lipinski definition) is 0. The minimum atomic E-state index is -0.548. The zero-order chi connectivity index (χ0) is 23.1. The molecule has 2 atom stereocenters. The van der Waals surface area contributed by atoms with Crippen molar-refractivity contribution in [1.82, 2.24) is 29.4 Å². The van der Waals surface area contributed by atoms with Crippen molar-refractivity contribution in [3.05, 3.63) is 48.8 Å². The van der Waals surface area contributed by atoms with Crippen molar-refractivity contribution in [3.8, 4) is 22.5 Å². The Labute approximate surface area is 196 Å². The Kier molecular flexibility index (Phi) is 5.46. The molecule has 1 unspecified atom stereocenters. The lowest BCUT2D eigenvalue weighted by Crippen LogP contribution is -2.44. The standard InChI is InChI=1S/C24H26FN7O2/c1-16-15-33-12-10-30(16)21-13-20(17-5-4-8-26-23(17)25)32-24(29-21)18(14-28-32)19-7-9-27-31(19)22-6-2-3-11-34-22/h4-5,7-9,13-14,16,22H,2-3,6,10-12,15H2,1H3/t16-,22?/m1/s1. The van der Waals surface area contributed by atoms with Crippen LogP contribution in [0.1, 0.15) is 32.4 Å². The third-order valence-electron chi connectivity index (χ3n) is 6.53. The van der Waals surface area contributed by atoms with Crippen molar-refractivity contribution in [2.45, 2.75) is 38.5 Å². The van der Waals surface area contributed by atoms with Crippen LogP contribution in [0.2, 0.25) is 0 Å². The maximum atomic E-state index is 14.8. The quantitative estimate of drug-likeness (QED) is 0.427. The van der Waals surface area contributed by atoms with Gasteiger partial charge in [-0.1, -0.05) is 0 Å². The second-order valence-corrected chi connectivity index (χ2v) is 8.73. The molecule has 4 aromatic heterocycles. The average Bonchev–Trinajstić information content (AvgIpc) is 3.52. The molecular weight excluding hydrogens is 437 g/mol. The minimum Gasteiger partial charge on any atom is -0.377 e. The molecule has 6 heterocycles. The Balaban J connectivity index is 1.54. The van der Waals surface area contributed by atoms with Crippen LogP contribution in [0.4, 0.5) is 10.2 Å². The molecule has 2 aliphatic heterocycles. The molecule has 10 heteroatoms. The zero-order valence-electron chi connectivity index (χ0n) is 19.0. The summed E-state index contributed by atoms with van der Waals surface area (Å²) in [4.78, 5) is 11.1. The van der Waals surface area contributed by atoms with E-state index < -0.39 is 5.95 Å².